The van der Waals surface area contributed by atoms with Crippen molar-refractivity contribution in [2.75, 3.05) is 17.2 Å². The first-order valence-corrected chi connectivity index (χ1v) is 7.21. The number of nitrogen functional groups attached to an aromatic ring is 1. The van der Waals surface area contributed by atoms with Crippen LogP contribution in [0.4, 0.5) is 11.4 Å². The van der Waals surface area contributed by atoms with E-state index in [0.29, 0.717) is 6.54 Å². The molecule has 2 aromatic rings. The van der Waals surface area contributed by atoms with Gasteiger partial charge in [0.15, 0.2) is 5.82 Å². The number of rotatable bonds is 4. The first-order valence-electron chi connectivity index (χ1n) is 7.21. The van der Waals surface area contributed by atoms with Gasteiger partial charge in [0.1, 0.15) is 0 Å². The number of halogens is 1. The second-order valence-electron chi connectivity index (χ2n) is 5.22. The van der Waals surface area contributed by atoms with E-state index in [2.05, 4.69) is 28.0 Å². The Morgan fingerprint density at radius 1 is 1.38 bits per heavy atom. The largest absolute Gasteiger partial charge is 0.398 e. The Morgan fingerprint density at radius 3 is 3.05 bits per heavy atom. The van der Waals surface area contributed by atoms with E-state index < -0.39 is 0 Å². The molecule has 0 amide bonds. The fourth-order valence-corrected chi connectivity index (χ4v) is 2.73. The van der Waals surface area contributed by atoms with Crippen LogP contribution in [0.5, 0.6) is 0 Å². The van der Waals surface area contributed by atoms with Crippen molar-refractivity contribution in [3.63, 3.8) is 0 Å². The second kappa shape index (κ2) is 6.80. The van der Waals surface area contributed by atoms with E-state index in [9.17, 15) is 0 Å². The average Bonchev–Trinajstić information content (AvgIpc) is 2.88. The number of fused-ring (bicyclic) bond motifs is 1. The van der Waals surface area contributed by atoms with Gasteiger partial charge in [-0.05, 0) is 37.0 Å². The van der Waals surface area contributed by atoms with Gasteiger partial charge in [-0.3, -0.25) is 0 Å². The molecule has 1 aromatic carbocycles. The van der Waals surface area contributed by atoms with Crippen LogP contribution >= 0.6 is 12.4 Å². The van der Waals surface area contributed by atoms with Crippen molar-refractivity contribution in [3.8, 4) is 0 Å². The fraction of sp³-hybridized carbons (Fsp3) is 0.467. The smallest absolute Gasteiger partial charge is 0.226 e. The molecule has 0 aliphatic carbocycles. The third kappa shape index (κ3) is 3.29. The van der Waals surface area contributed by atoms with Crippen LogP contribution < -0.4 is 10.6 Å². The van der Waals surface area contributed by atoms with E-state index >= 15 is 0 Å². The molecular formula is C15H21ClN4O. The van der Waals surface area contributed by atoms with Crippen molar-refractivity contribution in [2.45, 2.75) is 39.2 Å². The Labute approximate surface area is 130 Å². The van der Waals surface area contributed by atoms with E-state index in [4.69, 9.17) is 10.3 Å². The van der Waals surface area contributed by atoms with Crippen molar-refractivity contribution in [1.29, 1.82) is 0 Å². The van der Waals surface area contributed by atoms with Crippen molar-refractivity contribution < 1.29 is 4.52 Å². The molecule has 2 heterocycles. The summed E-state index contributed by atoms with van der Waals surface area (Å²) in [6.07, 6.45) is 4.02. The van der Waals surface area contributed by atoms with E-state index in [-0.39, 0.29) is 12.4 Å². The first-order chi connectivity index (χ1) is 9.78. The zero-order valence-corrected chi connectivity index (χ0v) is 13.0. The molecule has 0 saturated carbocycles. The molecule has 0 fully saturated rings. The number of anilines is 2. The molecule has 1 aromatic heterocycles. The number of aryl methyl sites for hydroxylation is 1. The summed E-state index contributed by atoms with van der Waals surface area (Å²) >= 11 is 0. The molecule has 2 N–H and O–H groups in total. The first kappa shape index (κ1) is 15.6. The Balaban J connectivity index is 0.00000161. The van der Waals surface area contributed by atoms with Gasteiger partial charge in [0.2, 0.25) is 5.89 Å². The average molecular weight is 309 g/mol. The molecule has 0 bridgehead atoms. The van der Waals surface area contributed by atoms with Crippen LogP contribution in [-0.2, 0) is 19.4 Å². The summed E-state index contributed by atoms with van der Waals surface area (Å²) in [5.74, 6) is 1.48. The highest BCUT2D eigenvalue weighted by atomic mass is 35.5. The number of benzene rings is 1. The summed E-state index contributed by atoms with van der Waals surface area (Å²) in [6.45, 7) is 3.80. The van der Waals surface area contributed by atoms with Crippen LogP contribution in [0, 0.1) is 0 Å². The van der Waals surface area contributed by atoms with E-state index in [0.717, 1.165) is 49.6 Å². The summed E-state index contributed by atoms with van der Waals surface area (Å²) < 4.78 is 5.25. The monoisotopic (exact) mass is 308 g/mol. The van der Waals surface area contributed by atoms with Crippen LogP contribution in [0.3, 0.4) is 0 Å². The summed E-state index contributed by atoms with van der Waals surface area (Å²) in [7, 11) is 0. The zero-order chi connectivity index (χ0) is 13.9. The van der Waals surface area contributed by atoms with Crippen molar-refractivity contribution in [1.82, 2.24) is 10.1 Å². The number of hydrogen-bond acceptors (Lipinski definition) is 5. The number of nitrogens with two attached hydrogens (primary N) is 1. The minimum atomic E-state index is 0. The molecule has 5 nitrogen and oxygen atoms in total. The van der Waals surface area contributed by atoms with Gasteiger partial charge in [-0.15, -0.1) is 12.4 Å². The Morgan fingerprint density at radius 2 is 2.24 bits per heavy atom. The molecule has 3 rings (SSSR count). The highest BCUT2D eigenvalue weighted by Crippen LogP contribution is 2.31. The van der Waals surface area contributed by atoms with Gasteiger partial charge in [-0.1, -0.05) is 18.1 Å². The predicted octanol–water partition coefficient (Wildman–Crippen LogP) is 2.98. The lowest BCUT2D eigenvalue weighted by Gasteiger charge is -2.30. The van der Waals surface area contributed by atoms with Crippen LogP contribution in [0.1, 0.15) is 37.0 Å². The molecular weight excluding hydrogens is 288 g/mol. The summed E-state index contributed by atoms with van der Waals surface area (Å²) in [5, 5.41) is 4.07. The van der Waals surface area contributed by atoms with E-state index in [1.807, 2.05) is 12.1 Å². The number of hydrogen-bond donors (Lipinski definition) is 1. The molecule has 114 valence electrons. The molecule has 0 atom stereocenters. The Kier molecular flexibility index (Phi) is 5.07. The second-order valence-corrected chi connectivity index (χ2v) is 5.22. The third-order valence-electron chi connectivity index (χ3n) is 3.69. The number of nitrogens with zero attached hydrogens (tertiary/aromatic N) is 3. The van der Waals surface area contributed by atoms with Crippen molar-refractivity contribution >= 4 is 23.8 Å². The standard InChI is InChI=1S/C15H20N4O.ClH/c1-2-5-15-17-14(18-20-15)10-19-9-4-6-11-12(16)7-3-8-13(11)19;/h3,7-8H,2,4-6,9-10,16H2,1H3;1H. The quantitative estimate of drug-likeness (QED) is 0.879. The van der Waals surface area contributed by atoms with Gasteiger partial charge >= 0.3 is 0 Å². The Hall–Kier alpha value is -1.75. The van der Waals surface area contributed by atoms with Crippen LogP contribution in [-0.4, -0.2) is 16.7 Å². The zero-order valence-electron chi connectivity index (χ0n) is 12.2. The molecule has 0 saturated heterocycles. The fourth-order valence-electron chi connectivity index (χ4n) is 2.73. The molecule has 6 heteroatoms. The van der Waals surface area contributed by atoms with Crippen LogP contribution in [0.15, 0.2) is 22.7 Å². The SMILES string of the molecule is CCCc1nc(CN2CCCc3c(N)cccc32)no1.Cl. The lowest BCUT2D eigenvalue weighted by atomic mass is 10.00. The summed E-state index contributed by atoms with van der Waals surface area (Å²) in [5.41, 5.74) is 9.40. The van der Waals surface area contributed by atoms with E-state index in [1.165, 1.54) is 11.3 Å². The summed E-state index contributed by atoms with van der Waals surface area (Å²) in [6, 6.07) is 6.10. The van der Waals surface area contributed by atoms with E-state index in [1.54, 1.807) is 0 Å². The lowest BCUT2D eigenvalue weighted by molar-refractivity contribution is 0.371. The highest BCUT2D eigenvalue weighted by Gasteiger charge is 2.20. The van der Waals surface area contributed by atoms with Crippen molar-refractivity contribution in [3.05, 3.63) is 35.5 Å². The molecule has 0 spiro atoms. The summed E-state index contributed by atoms with van der Waals surface area (Å²) in [4.78, 5) is 6.73. The van der Waals surface area contributed by atoms with Crippen LogP contribution in [0.2, 0.25) is 0 Å². The van der Waals surface area contributed by atoms with Gasteiger partial charge in [-0.25, -0.2) is 0 Å². The molecule has 1 aliphatic rings. The maximum absolute atomic E-state index is 6.06. The number of aromatic nitrogens is 2. The lowest BCUT2D eigenvalue weighted by Crippen LogP contribution is -2.29. The maximum Gasteiger partial charge on any atom is 0.226 e. The molecule has 0 radical (unpaired) electrons. The normalized spacial score (nSPS) is 13.7. The topological polar surface area (TPSA) is 68.2 Å². The minimum Gasteiger partial charge on any atom is -0.398 e. The minimum absolute atomic E-state index is 0. The predicted molar refractivity (Wildman–Crippen MR) is 85.8 cm³/mol. The van der Waals surface area contributed by atoms with Gasteiger partial charge in [0.05, 0.1) is 6.54 Å². The highest BCUT2D eigenvalue weighted by molar-refractivity contribution is 5.85. The van der Waals surface area contributed by atoms with Crippen molar-refractivity contribution in [2.24, 2.45) is 0 Å². The third-order valence-corrected chi connectivity index (χ3v) is 3.69. The Bertz CT molecular complexity index is 599. The van der Waals surface area contributed by atoms with Gasteiger partial charge in [0, 0.05) is 24.3 Å². The van der Waals surface area contributed by atoms with Gasteiger partial charge in [-0.2, -0.15) is 4.98 Å². The molecule has 1 aliphatic heterocycles. The maximum atomic E-state index is 6.06. The molecule has 21 heavy (non-hydrogen) atoms. The van der Waals surface area contributed by atoms with Gasteiger partial charge in [0.25, 0.3) is 0 Å². The molecule has 0 unspecified atom stereocenters. The van der Waals surface area contributed by atoms with Crippen LogP contribution in [0.25, 0.3) is 0 Å². The van der Waals surface area contributed by atoms with Gasteiger partial charge < -0.3 is 15.2 Å².